The average Bonchev–Trinajstić information content (AvgIpc) is 4.30. The van der Waals surface area contributed by atoms with Crippen molar-refractivity contribution in [3.8, 4) is 0 Å². The van der Waals surface area contributed by atoms with Crippen LogP contribution in [0.1, 0.15) is 131 Å². The summed E-state index contributed by atoms with van der Waals surface area (Å²) in [5.41, 5.74) is 6.90. The number of aryl methyl sites for hydroxylation is 9. The van der Waals surface area contributed by atoms with Gasteiger partial charge in [-0.25, -0.2) is 0 Å². The topological polar surface area (TPSA) is 78.8 Å². The Morgan fingerprint density at radius 1 is 0.347 bits per heavy atom. The van der Waals surface area contributed by atoms with Gasteiger partial charge in [-0.15, -0.1) is 68.0 Å². The zero-order valence-electron chi connectivity index (χ0n) is 46.9. The van der Waals surface area contributed by atoms with Crippen molar-refractivity contribution in [2.45, 2.75) is 145 Å². The molecule has 0 atom stereocenters. The lowest BCUT2D eigenvalue weighted by Gasteiger charge is -1.84. The van der Waals surface area contributed by atoms with Gasteiger partial charge in [-0.05, 0) is 183 Å². The van der Waals surface area contributed by atoms with Crippen molar-refractivity contribution in [1.29, 1.82) is 0 Å². The molecule has 0 radical (unpaired) electrons. The van der Waals surface area contributed by atoms with E-state index in [1.54, 1.807) is 68.0 Å². The molecule has 0 aromatic carbocycles. The third kappa shape index (κ3) is 19.2. The number of fused-ring (bicyclic) bond motifs is 6. The van der Waals surface area contributed by atoms with Crippen molar-refractivity contribution in [1.82, 2.24) is 0 Å². The van der Waals surface area contributed by atoms with Gasteiger partial charge < -0.3 is 26.5 Å². The van der Waals surface area contributed by atoms with Crippen LogP contribution in [0.2, 0.25) is 31.3 Å². The minimum absolute atomic E-state index is 0.473. The molecule has 12 rings (SSSR count). The third-order valence-corrected chi connectivity index (χ3v) is 17.0. The van der Waals surface area contributed by atoms with Crippen LogP contribution < -0.4 is 0 Å². The molecule has 12 heterocycles. The fourth-order valence-electron chi connectivity index (χ4n) is 6.15. The summed E-state index contributed by atoms with van der Waals surface area (Å²) in [6, 6.07) is 11.7. The van der Waals surface area contributed by atoms with Gasteiger partial charge in [0.2, 0.25) is 0 Å². The zero-order chi connectivity index (χ0) is 57.4. The van der Waals surface area contributed by atoms with Gasteiger partial charge in [-0.1, -0.05) is 83.1 Å². The normalized spacial score (nSPS) is 9.80. The van der Waals surface area contributed by atoms with E-state index in [1.165, 1.54) is 36.7 Å². The highest BCUT2D eigenvalue weighted by Crippen LogP contribution is 2.38. The molecule has 0 bridgehead atoms. The summed E-state index contributed by atoms with van der Waals surface area (Å²) >= 11 is 43.9. The van der Waals surface area contributed by atoms with E-state index in [1.807, 2.05) is 147 Å². The van der Waals surface area contributed by atoms with E-state index in [4.69, 9.17) is 96.1 Å². The predicted octanol–water partition coefficient (Wildman–Crippen LogP) is 27.8. The molecule has 0 aliphatic carbocycles. The minimum atomic E-state index is 0.473. The van der Waals surface area contributed by atoms with Gasteiger partial charge >= 0.3 is 0 Å². The smallest absolute Gasteiger partial charge is 0.198 e. The lowest BCUT2D eigenvalue weighted by Crippen LogP contribution is -1.67. The Morgan fingerprint density at radius 3 is 1.29 bits per heavy atom. The Kier molecular flexibility index (Phi) is 33.4. The van der Waals surface area contributed by atoms with Crippen LogP contribution in [0.4, 0.5) is 0 Å². The Balaban J connectivity index is 0.000000432. The van der Waals surface area contributed by atoms with Crippen LogP contribution in [0.3, 0.4) is 0 Å². The Bertz CT molecular complexity index is 3310. The van der Waals surface area contributed by atoms with Gasteiger partial charge in [0.25, 0.3) is 0 Å². The van der Waals surface area contributed by atoms with Crippen molar-refractivity contribution in [2.75, 3.05) is 0 Å². The summed E-state index contributed by atoms with van der Waals surface area (Å²) in [6.45, 7) is 42.3. The molecule has 414 valence electrons. The SMILES string of the molecule is CC.CC.CC.CC.CC.CC.Cc1c(Cl)oc2sccc12.Cc1cc2c(C)c(Cl)oc2s1.Cc1cc2cc(Cl)oc2s1.Cc1csc2oc(Cl)c(C)c12.Cc1csc2oc(Cl)cc12.Cc1sc2oc(Cl)cc2c1C. The van der Waals surface area contributed by atoms with Gasteiger partial charge in [0.05, 0.1) is 0 Å². The Labute approximate surface area is 498 Å². The molecule has 0 spiro atoms. The van der Waals surface area contributed by atoms with E-state index in [0.717, 1.165) is 73.0 Å². The molecule has 0 aliphatic heterocycles. The first kappa shape index (κ1) is 70.2. The summed E-state index contributed by atoms with van der Waals surface area (Å²) in [4.78, 5) is 9.38. The number of rotatable bonds is 0. The highest BCUT2D eigenvalue weighted by atomic mass is 35.5. The standard InChI is InChI=1S/3C8H7ClOS.3C7H5ClOS.6C2H6/c1-4-5(2)11-8-6(4)3-7(9)10-8;1-4-3-11-8-6(4)5(2)7(9)10-8;1-4-3-6-5(2)7(9)10-8(6)11-4;1-4-3-10-7-5(4)2-6(8)9-7;1-4-2-5-3-6(8)9-7(5)10-4;1-4-5-2-3-10-7(5)9-6(4)8;6*1-2/h3*3H,1-2H3;3*2-3H,1H3;6*1-2H3. The monoisotopic (exact) mass is 1250 g/mol. The van der Waals surface area contributed by atoms with Crippen molar-refractivity contribution in [3.63, 3.8) is 0 Å². The number of thiophene rings is 6. The first-order valence-electron chi connectivity index (χ1n) is 24.7. The van der Waals surface area contributed by atoms with E-state index in [9.17, 15) is 0 Å². The Hall–Kier alpha value is -2.82. The van der Waals surface area contributed by atoms with Gasteiger partial charge in [-0.2, -0.15) is 0 Å². The second-order valence-electron chi connectivity index (χ2n) is 14.1. The van der Waals surface area contributed by atoms with Crippen LogP contribution in [0, 0.1) is 62.3 Å². The first-order valence-corrected chi connectivity index (χ1v) is 32.1. The fraction of sp³-hybridized carbons (Fsp3) is 0.368. The molecular weight excluding hydrogens is 1190 g/mol. The number of hydrogen-bond acceptors (Lipinski definition) is 12. The maximum absolute atomic E-state index is 5.81. The molecule has 0 amide bonds. The maximum Gasteiger partial charge on any atom is 0.198 e. The van der Waals surface area contributed by atoms with E-state index < -0.39 is 0 Å². The molecule has 12 aromatic rings. The molecule has 0 saturated carbocycles. The van der Waals surface area contributed by atoms with Crippen LogP contribution in [-0.2, 0) is 0 Å². The molecule has 18 heteroatoms. The number of halogens is 6. The molecule has 0 unspecified atom stereocenters. The maximum atomic E-state index is 5.81. The lowest BCUT2D eigenvalue weighted by atomic mass is 10.2. The second-order valence-corrected chi connectivity index (χ2v) is 22.5. The van der Waals surface area contributed by atoms with Crippen molar-refractivity contribution in [2.24, 2.45) is 0 Å². The molecular formula is C57H72Cl6O6S6. The second kappa shape index (κ2) is 35.6. The van der Waals surface area contributed by atoms with Crippen LogP contribution in [0.25, 0.3) is 61.7 Å². The van der Waals surface area contributed by atoms with Crippen LogP contribution >= 0.6 is 138 Å². The van der Waals surface area contributed by atoms with Crippen LogP contribution in [-0.4, -0.2) is 0 Å². The van der Waals surface area contributed by atoms with E-state index in [-0.39, 0.29) is 0 Å². The quantitative estimate of drug-likeness (QED) is 0.151. The number of hydrogen-bond donors (Lipinski definition) is 0. The van der Waals surface area contributed by atoms with E-state index in [2.05, 4.69) is 50.6 Å². The fourth-order valence-corrected chi connectivity index (χ4v) is 12.9. The molecule has 0 aliphatic rings. The summed E-state index contributed by atoms with van der Waals surface area (Å²) in [7, 11) is 0. The summed E-state index contributed by atoms with van der Waals surface area (Å²) < 4.78 is 31.4. The molecule has 0 fully saturated rings. The zero-order valence-corrected chi connectivity index (χ0v) is 56.3. The minimum Gasteiger partial charge on any atom is -0.434 e. The summed E-state index contributed by atoms with van der Waals surface area (Å²) in [5, 5.41) is 16.0. The van der Waals surface area contributed by atoms with Gasteiger partial charge in [-0.3, -0.25) is 0 Å². The molecule has 12 aromatic heterocycles. The predicted molar refractivity (Wildman–Crippen MR) is 345 cm³/mol. The van der Waals surface area contributed by atoms with E-state index in [0.29, 0.717) is 31.3 Å². The molecule has 0 saturated heterocycles. The van der Waals surface area contributed by atoms with Crippen molar-refractivity contribution in [3.05, 3.63) is 132 Å². The average molecular weight is 1260 g/mol. The Morgan fingerprint density at radius 2 is 0.760 bits per heavy atom. The van der Waals surface area contributed by atoms with Crippen molar-refractivity contribution < 1.29 is 26.5 Å². The summed E-state index contributed by atoms with van der Waals surface area (Å²) in [6.07, 6.45) is 0. The lowest BCUT2D eigenvalue weighted by molar-refractivity contribution is 0.622. The van der Waals surface area contributed by atoms with Gasteiger partial charge in [0.1, 0.15) is 0 Å². The highest BCUT2D eigenvalue weighted by Gasteiger charge is 2.13. The first-order chi connectivity index (χ1) is 35.9. The van der Waals surface area contributed by atoms with Crippen molar-refractivity contribution >= 4 is 199 Å². The molecule has 6 nitrogen and oxygen atoms in total. The van der Waals surface area contributed by atoms with Gasteiger partial charge in [0, 0.05) is 81.8 Å². The summed E-state index contributed by atoms with van der Waals surface area (Å²) in [5.74, 6) is 0. The van der Waals surface area contributed by atoms with Crippen LogP contribution in [0.5, 0.6) is 0 Å². The van der Waals surface area contributed by atoms with Gasteiger partial charge in [0.15, 0.2) is 60.7 Å². The largest absolute Gasteiger partial charge is 0.434 e. The third-order valence-electron chi connectivity index (χ3n) is 9.60. The van der Waals surface area contributed by atoms with E-state index >= 15 is 0 Å². The number of furan rings is 6. The molecule has 75 heavy (non-hydrogen) atoms. The highest BCUT2D eigenvalue weighted by molar-refractivity contribution is 7.19. The molecule has 0 N–H and O–H groups in total. The van der Waals surface area contributed by atoms with Crippen LogP contribution in [0.15, 0.2) is 79.0 Å².